The van der Waals surface area contributed by atoms with Crippen molar-refractivity contribution < 1.29 is 14.6 Å². The fourth-order valence-electron chi connectivity index (χ4n) is 2.33. The second-order valence-electron chi connectivity index (χ2n) is 5.29. The van der Waals surface area contributed by atoms with Crippen LogP contribution in [0.2, 0.25) is 0 Å². The Morgan fingerprint density at radius 2 is 2.20 bits per heavy atom. The Morgan fingerprint density at radius 1 is 1.45 bits per heavy atom. The minimum absolute atomic E-state index is 0.0552. The zero-order chi connectivity index (χ0) is 14.4. The monoisotopic (exact) mass is 275 g/mol. The van der Waals surface area contributed by atoms with Gasteiger partial charge in [-0.2, -0.15) is 0 Å². The van der Waals surface area contributed by atoms with Gasteiger partial charge in [-0.25, -0.2) is 0 Å². The normalized spacial score (nSPS) is 18.1. The third kappa shape index (κ3) is 3.92. The van der Waals surface area contributed by atoms with E-state index in [0.29, 0.717) is 26.1 Å². The van der Waals surface area contributed by atoms with Crippen molar-refractivity contribution in [2.45, 2.75) is 25.3 Å². The van der Waals surface area contributed by atoms with Crippen LogP contribution in [0.3, 0.4) is 0 Å². The van der Waals surface area contributed by atoms with E-state index in [4.69, 9.17) is 4.74 Å². The average molecular weight is 275 g/mol. The molecule has 0 aromatic heterocycles. The molecule has 0 spiro atoms. The number of aryl methyl sites for hydroxylation is 1. The molecule has 1 amide bonds. The van der Waals surface area contributed by atoms with Gasteiger partial charge in [0.15, 0.2) is 0 Å². The predicted octanol–water partition coefficient (Wildman–Crippen LogP) is 1.67. The summed E-state index contributed by atoms with van der Waals surface area (Å²) < 4.78 is 5.27. The quantitative estimate of drug-likeness (QED) is 0.822. The van der Waals surface area contributed by atoms with Gasteiger partial charge in [-0.1, -0.05) is 29.8 Å². The summed E-state index contributed by atoms with van der Waals surface area (Å²) in [5, 5.41) is 12.4. The van der Waals surface area contributed by atoms with Crippen molar-refractivity contribution in [1.82, 2.24) is 5.32 Å². The molecular weight excluding hydrogens is 254 g/mol. The van der Waals surface area contributed by atoms with Gasteiger partial charge in [0.05, 0.1) is 12.1 Å². The molecule has 1 aromatic rings. The van der Waals surface area contributed by atoms with Crippen molar-refractivity contribution in [3.8, 4) is 0 Å². The van der Waals surface area contributed by atoms with Crippen LogP contribution in [-0.2, 0) is 9.53 Å². The molecule has 20 heavy (non-hydrogen) atoms. The number of hydrogen-bond acceptors (Lipinski definition) is 3. The predicted molar refractivity (Wildman–Crippen MR) is 78.2 cm³/mol. The summed E-state index contributed by atoms with van der Waals surface area (Å²) in [6.45, 7) is 3.10. The average Bonchev–Trinajstić information content (AvgIpc) is 2.46. The van der Waals surface area contributed by atoms with Crippen LogP contribution in [0.5, 0.6) is 0 Å². The summed E-state index contributed by atoms with van der Waals surface area (Å²) in [4.78, 5) is 12.0. The van der Waals surface area contributed by atoms with Gasteiger partial charge in [-0.05, 0) is 31.4 Å². The Hall–Kier alpha value is -1.65. The molecule has 0 saturated carbocycles. The highest BCUT2D eigenvalue weighted by molar-refractivity contribution is 5.92. The summed E-state index contributed by atoms with van der Waals surface area (Å²) in [7, 11) is 0. The van der Waals surface area contributed by atoms with Crippen LogP contribution in [0.4, 0.5) is 0 Å². The van der Waals surface area contributed by atoms with E-state index in [9.17, 15) is 9.90 Å². The van der Waals surface area contributed by atoms with Crippen LogP contribution < -0.4 is 5.32 Å². The molecule has 0 atom stereocenters. The number of ether oxygens (including phenoxy) is 1. The molecule has 0 bridgehead atoms. The second-order valence-corrected chi connectivity index (χ2v) is 5.29. The smallest absolute Gasteiger partial charge is 0.244 e. The highest BCUT2D eigenvalue weighted by Crippen LogP contribution is 2.20. The third-order valence-electron chi connectivity index (χ3n) is 3.61. The largest absolute Gasteiger partial charge is 0.394 e. The molecule has 1 aliphatic heterocycles. The lowest BCUT2D eigenvalue weighted by Gasteiger charge is -2.35. The van der Waals surface area contributed by atoms with E-state index in [-0.39, 0.29) is 12.5 Å². The number of nitrogens with one attached hydrogen (secondary N) is 1. The van der Waals surface area contributed by atoms with Crippen LogP contribution in [0, 0.1) is 6.92 Å². The highest BCUT2D eigenvalue weighted by Gasteiger charge is 2.32. The van der Waals surface area contributed by atoms with Gasteiger partial charge >= 0.3 is 0 Å². The number of carbonyl (C=O) groups excluding carboxylic acids is 1. The van der Waals surface area contributed by atoms with Crippen molar-refractivity contribution >= 4 is 12.0 Å². The molecule has 0 unspecified atom stereocenters. The first-order chi connectivity index (χ1) is 9.63. The minimum Gasteiger partial charge on any atom is -0.394 e. The molecule has 108 valence electrons. The summed E-state index contributed by atoms with van der Waals surface area (Å²) in [6, 6.07) is 7.94. The van der Waals surface area contributed by atoms with E-state index in [1.54, 1.807) is 6.08 Å². The van der Waals surface area contributed by atoms with Gasteiger partial charge < -0.3 is 15.2 Å². The lowest BCUT2D eigenvalue weighted by molar-refractivity contribution is -0.120. The number of hydrogen-bond donors (Lipinski definition) is 2. The maximum absolute atomic E-state index is 12.0. The molecule has 4 heteroatoms. The molecular formula is C16H21NO3. The second kappa shape index (κ2) is 6.68. The van der Waals surface area contributed by atoms with E-state index in [0.717, 1.165) is 11.1 Å². The van der Waals surface area contributed by atoms with Gasteiger partial charge in [-0.3, -0.25) is 4.79 Å². The molecule has 1 saturated heterocycles. The lowest BCUT2D eigenvalue weighted by Crippen LogP contribution is -2.54. The zero-order valence-electron chi connectivity index (χ0n) is 11.8. The Kier molecular flexibility index (Phi) is 4.93. The topological polar surface area (TPSA) is 58.6 Å². The summed E-state index contributed by atoms with van der Waals surface area (Å²) in [5.41, 5.74) is 1.61. The Morgan fingerprint density at radius 3 is 2.85 bits per heavy atom. The van der Waals surface area contributed by atoms with E-state index in [1.807, 2.05) is 31.2 Å². The van der Waals surface area contributed by atoms with Gasteiger partial charge in [-0.15, -0.1) is 0 Å². The maximum Gasteiger partial charge on any atom is 0.244 e. The molecule has 0 radical (unpaired) electrons. The molecule has 1 heterocycles. The van der Waals surface area contributed by atoms with Crippen molar-refractivity contribution in [2.24, 2.45) is 0 Å². The number of aliphatic hydroxyl groups excluding tert-OH is 1. The number of aliphatic hydroxyl groups is 1. The Bertz CT molecular complexity index is 490. The fraction of sp³-hybridized carbons (Fsp3) is 0.438. The first kappa shape index (κ1) is 14.8. The molecule has 1 aromatic carbocycles. The summed E-state index contributed by atoms with van der Waals surface area (Å²) in [6.07, 6.45) is 4.59. The first-order valence-corrected chi connectivity index (χ1v) is 6.89. The molecule has 1 aliphatic rings. The van der Waals surface area contributed by atoms with Crippen molar-refractivity contribution in [3.05, 3.63) is 41.5 Å². The van der Waals surface area contributed by atoms with Crippen molar-refractivity contribution in [1.29, 1.82) is 0 Å². The van der Waals surface area contributed by atoms with Gasteiger partial charge in [0.2, 0.25) is 5.91 Å². The van der Waals surface area contributed by atoms with E-state index in [1.165, 1.54) is 6.08 Å². The molecule has 0 aliphatic carbocycles. The van der Waals surface area contributed by atoms with E-state index >= 15 is 0 Å². The Labute approximate surface area is 119 Å². The van der Waals surface area contributed by atoms with Crippen LogP contribution in [0.15, 0.2) is 30.3 Å². The van der Waals surface area contributed by atoms with Crippen LogP contribution in [-0.4, -0.2) is 36.4 Å². The summed E-state index contributed by atoms with van der Waals surface area (Å²) in [5.74, 6) is -0.178. The highest BCUT2D eigenvalue weighted by atomic mass is 16.5. The SMILES string of the molecule is Cc1cccc(/C=C/C(=O)NC2(CO)CCOCC2)c1. The van der Waals surface area contributed by atoms with E-state index < -0.39 is 5.54 Å². The number of rotatable bonds is 4. The standard InChI is InChI=1S/C16H21NO3/c1-13-3-2-4-14(11-13)5-6-15(19)17-16(12-18)7-9-20-10-8-16/h2-6,11,18H,7-10,12H2,1H3,(H,17,19)/b6-5+. The van der Waals surface area contributed by atoms with Crippen LogP contribution in [0.25, 0.3) is 6.08 Å². The fourth-order valence-corrected chi connectivity index (χ4v) is 2.33. The van der Waals surface area contributed by atoms with Crippen LogP contribution >= 0.6 is 0 Å². The van der Waals surface area contributed by atoms with Crippen molar-refractivity contribution in [3.63, 3.8) is 0 Å². The van der Waals surface area contributed by atoms with E-state index in [2.05, 4.69) is 5.32 Å². The first-order valence-electron chi connectivity index (χ1n) is 6.89. The number of carbonyl (C=O) groups is 1. The molecule has 2 rings (SSSR count). The number of amides is 1. The van der Waals surface area contributed by atoms with Gasteiger partial charge in [0, 0.05) is 19.3 Å². The Balaban J connectivity index is 1.97. The lowest BCUT2D eigenvalue weighted by atomic mass is 9.91. The summed E-state index contributed by atoms with van der Waals surface area (Å²) >= 11 is 0. The zero-order valence-corrected chi connectivity index (χ0v) is 11.8. The number of benzene rings is 1. The minimum atomic E-state index is -0.535. The third-order valence-corrected chi connectivity index (χ3v) is 3.61. The van der Waals surface area contributed by atoms with Crippen molar-refractivity contribution in [2.75, 3.05) is 19.8 Å². The molecule has 1 fully saturated rings. The molecule has 4 nitrogen and oxygen atoms in total. The van der Waals surface area contributed by atoms with Gasteiger partial charge in [0.1, 0.15) is 0 Å². The maximum atomic E-state index is 12.0. The molecule has 2 N–H and O–H groups in total. The van der Waals surface area contributed by atoms with Gasteiger partial charge in [0.25, 0.3) is 0 Å². The van der Waals surface area contributed by atoms with Crippen LogP contribution in [0.1, 0.15) is 24.0 Å².